The standard InChI is InChI=1S/C17H17FN6OS.C10H9ClN4OS.C7H4ClN3O2S.C4H8.2CH4/c1-9(11-6-12(18)8-19-7-11)20-17-22-13(16(25)24-4-3-5-24)14-15(23-17)21-10(2)26-14;1-5-12-8-7(17-5)6(13-10(11)14-8)9(16)15-3-2-4-15;1-2-9-5-4(14-2)3(6(12)13)10-7(8)11-5;1-2-4-3-1;;/h6-9H,3-5H2,1-2H3,(H,20,22,23);2-4H2,1H3;1H3,(H,12,13);1-4H2;2*1H4/t9-;;;;;/m0...../s1. The van der Waals surface area contributed by atoms with Crippen molar-refractivity contribution in [3.63, 3.8) is 0 Å². The number of anilines is 1. The zero-order valence-corrected chi connectivity index (χ0v) is 37.2. The molecule has 63 heavy (non-hydrogen) atoms. The number of pyridine rings is 1. The van der Waals surface area contributed by atoms with Gasteiger partial charge in [-0.3, -0.25) is 14.6 Å². The third kappa shape index (κ3) is 11.7. The molecule has 7 aromatic heterocycles. The molecule has 1 atom stereocenters. The van der Waals surface area contributed by atoms with E-state index in [1.807, 2.05) is 20.8 Å². The topological polar surface area (TPSA) is 219 Å². The molecule has 23 heteroatoms. The Morgan fingerprint density at radius 1 is 0.651 bits per heavy atom. The van der Waals surface area contributed by atoms with E-state index in [1.54, 1.807) is 22.9 Å². The quantitative estimate of drug-likeness (QED) is 0.148. The van der Waals surface area contributed by atoms with Gasteiger partial charge in [-0.25, -0.2) is 39.1 Å². The number of thiazole rings is 3. The summed E-state index contributed by atoms with van der Waals surface area (Å²) in [6, 6.07) is 1.13. The number of fused-ring (bicyclic) bond motifs is 3. The van der Waals surface area contributed by atoms with Crippen LogP contribution in [-0.2, 0) is 0 Å². The van der Waals surface area contributed by atoms with Gasteiger partial charge in [0.1, 0.15) is 19.9 Å². The Kier molecular flexibility index (Phi) is 16.6. The highest BCUT2D eigenvalue weighted by molar-refractivity contribution is 7.19. The van der Waals surface area contributed by atoms with Gasteiger partial charge >= 0.3 is 5.97 Å². The Morgan fingerprint density at radius 2 is 1.08 bits per heavy atom. The lowest BCUT2D eigenvalue weighted by molar-refractivity contribution is 0.0641. The predicted octanol–water partition coefficient (Wildman–Crippen LogP) is 9.42. The lowest BCUT2D eigenvalue weighted by Crippen LogP contribution is -2.42. The van der Waals surface area contributed by atoms with Crippen molar-refractivity contribution in [1.29, 1.82) is 0 Å². The molecule has 2 N–H and O–H groups in total. The van der Waals surface area contributed by atoms with Gasteiger partial charge in [-0.15, -0.1) is 34.0 Å². The molecule has 9 heterocycles. The van der Waals surface area contributed by atoms with Gasteiger partial charge in [0.05, 0.1) is 27.3 Å². The van der Waals surface area contributed by atoms with Crippen LogP contribution in [0.2, 0.25) is 10.6 Å². The van der Waals surface area contributed by atoms with Crippen molar-refractivity contribution in [3.8, 4) is 0 Å². The number of aromatic carboxylic acids is 1. The number of aromatic nitrogens is 10. The van der Waals surface area contributed by atoms with Crippen molar-refractivity contribution >= 4 is 112 Å². The maximum absolute atomic E-state index is 13.4. The van der Waals surface area contributed by atoms with Crippen molar-refractivity contribution in [2.24, 2.45) is 0 Å². The van der Waals surface area contributed by atoms with E-state index in [4.69, 9.17) is 28.3 Å². The number of hydrogen-bond acceptors (Lipinski definition) is 17. The highest BCUT2D eigenvalue weighted by atomic mass is 35.5. The zero-order chi connectivity index (χ0) is 43.4. The number of amides is 2. The lowest BCUT2D eigenvalue weighted by Gasteiger charge is -2.30. The number of halogens is 3. The van der Waals surface area contributed by atoms with Gasteiger partial charge in [-0.1, -0.05) is 40.5 Å². The Labute approximate surface area is 384 Å². The number of hydrogen-bond donors (Lipinski definition) is 2. The lowest BCUT2D eigenvalue weighted by atomic mass is 10.0. The summed E-state index contributed by atoms with van der Waals surface area (Å²) in [6.45, 7) is 10.4. The second kappa shape index (κ2) is 21.4. The van der Waals surface area contributed by atoms with E-state index in [1.165, 1.54) is 65.8 Å². The van der Waals surface area contributed by atoms with Crippen LogP contribution >= 0.6 is 57.2 Å². The molecule has 0 aromatic carbocycles. The summed E-state index contributed by atoms with van der Waals surface area (Å²) in [6.07, 6.45) is 10.8. The fourth-order valence-corrected chi connectivity index (χ4v) is 8.61. The second-order valence-corrected chi connectivity index (χ2v) is 18.3. The monoisotopic (exact) mass is 957 g/mol. The number of rotatable bonds is 6. The number of carboxylic acid groups (broad SMARTS) is 1. The van der Waals surface area contributed by atoms with Gasteiger partial charge in [0.25, 0.3) is 11.8 Å². The summed E-state index contributed by atoms with van der Waals surface area (Å²) in [7, 11) is 0. The average molecular weight is 959 g/mol. The maximum atomic E-state index is 13.4. The third-order valence-corrected chi connectivity index (χ3v) is 12.7. The SMILES string of the molecule is C.C.C1CCC1.Cc1nc2nc(Cl)nc(C(=O)N3CCC3)c2s1.Cc1nc2nc(Cl)nc(C(=O)O)c2s1.Cc1nc2nc(N[C@@H](C)c3cncc(F)c3)nc(C(=O)N3CCC3)c2s1. The van der Waals surface area contributed by atoms with E-state index in [-0.39, 0.29) is 49.0 Å². The van der Waals surface area contributed by atoms with Crippen molar-refractivity contribution in [3.05, 3.63) is 72.5 Å². The predicted molar refractivity (Wildman–Crippen MR) is 246 cm³/mol. The Bertz CT molecular complexity index is 2750. The van der Waals surface area contributed by atoms with Crippen LogP contribution in [0.25, 0.3) is 31.0 Å². The Balaban J connectivity index is 0.000000175. The van der Waals surface area contributed by atoms with Crippen LogP contribution in [0.5, 0.6) is 0 Å². The largest absolute Gasteiger partial charge is 0.476 e. The van der Waals surface area contributed by atoms with Crippen LogP contribution in [0.1, 0.15) is 118 Å². The molecule has 0 spiro atoms. The minimum Gasteiger partial charge on any atom is -0.476 e. The molecule has 2 saturated heterocycles. The summed E-state index contributed by atoms with van der Waals surface area (Å²) in [5, 5.41) is 14.4. The number of likely N-dealkylation sites (tertiary alicyclic amines) is 2. The molecule has 3 aliphatic rings. The van der Waals surface area contributed by atoms with Crippen molar-refractivity contribution in [2.45, 2.75) is 87.1 Å². The van der Waals surface area contributed by atoms with Crippen molar-refractivity contribution in [2.75, 3.05) is 31.5 Å². The van der Waals surface area contributed by atoms with Crippen molar-refractivity contribution < 1.29 is 23.9 Å². The van der Waals surface area contributed by atoms with Gasteiger partial charge in [0.2, 0.25) is 16.5 Å². The van der Waals surface area contributed by atoms with Gasteiger partial charge in [0, 0.05) is 32.4 Å². The van der Waals surface area contributed by atoms with E-state index < -0.39 is 11.8 Å². The van der Waals surface area contributed by atoms with Gasteiger partial charge in [-0.2, -0.15) is 15.0 Å². The first-order valence-corrected chi connectivity index (χ1v) is 22.4. The first-order valence-electron chi connectivity index (χ1n) is 19.2. The van der Waals surface area contributed by atoms with Crippen LogP contribution in [0.4, 0.5) is 10.3 Å². The number of nitrogens with one attached hydrogen (secondary N) is 1. The number of carbonyl (C=O) groups excluding carboxylic acids is 2. The zero-order valence-electron chi connectivity index (χ0n) is 33.3. The summed E-state index contributed by atoms with van der Waals surface area (Å²) < 4.78 is 15.3. The summed E-state index contributed by atoms with van der Waals surface area (Å²) in [5.74, 6) is -1.41. The van der Waals surface area contributed by atoms with E-state index in [0.717, 1.165) is 64.9 Å². The Morgan fingerprint density at radius 3 is 1.49 bits per heavy atom. The van der Waals surface area contributed by atoms with Gasteiger partial charge in [0.15, 0.2) is 34.0 Å². The molecular weight excluding hydrogens is 913 g/mol. The van der Waals surface area contributed by atoms with E-state index >= 15 is 0 Å². The summed E-state index contributed by atoms with van der Waals surface area (Å²) >= 11 is 15.5. The molecule has 17 nitrogen and oxygen atoms in total. The highest BCUT2D eigenvalue weighted by Crippen LogP contribution is 2.29. The molecule has 1 aliphatic carbocycles. The minimum absolute atomic E-state index is 0. The van der Waals surface area contributed by atoms with Crippen LogP contribution in [-0.4, -0.2) is 109 Å². The van der Waals surface area contributed by atoms with E-state index in [9.17, 15) is 18.8 Å². The summed E-state index contributed by atoms with van der Waals surface area (Å²) in [4.78, 5) is 80.2. The van der Waals surface area contributed by atoms with E-state index in [2.05, 4.69) is 55.2 Å². The molecule has 334 valence electrons. The molecule has 1 saturated carbocycles. The van der Waals surface area contributed by atoms with Crippen LogP contribution in [0, 0.1) is 26.6 Å². The molecule has 2 amide bonds. The molecule has 10 rings (SSSR count). The first kappa shape index (κ1) is 48.8. The molecule has 3 fully saturated rings. The average Bonchev–Trinajstić information content (AvgIpc) is 3.82. The number of carbonyl (C=O) groups is 3. The first-order chi connectivity index (χ1) is 29.2. The Hall–Kier alpha value is -5.22. The second-order valence-electron chi connectivity index (χ2n) is 14.0. The van der Waals surface area contributed by atoms with E-state index in [0.29, 0.717) is 49.2 Å². The molecule has 7 aromatic rings. The molecule has 2 aliphatic heterocycles. The smallest absolute Gasteiger partial charge is 0.356 e. The fraction of sp³-hybridized carbons (Fsp3) is 0.425. The van der Waals surface area contributed by atoms with Gasteiger partial charge in [-0.05, 0) is 75.4 Å². The molecule has 0 unspecified atom stereocenters. The van der Waals surface area contributed by atoms with Crippen molar-refractivity contribution in [1.82, 2.24) is 59.6 Å². The number of aryl methyl sites for hydroxylation is 3. The highest BCUT2D eigenvalue weighted by Gasteiger charge is 2.28. The third-order valence-electron chi connectivity index (χ3n) is 9.49. The maximum Gasteiger partial charge on any atom is 0.356 e. The van der Waals surface area contributed by atoms with Gasteiger partial charge < -0.3 is 20.2 Å². The minimum atomic E-state index is -1.12. The molecule has 0 radical (unpaired) electrons. The number of carboxylic acids is 1. The summed E-state index contributed by atoms with van der Waals surface area (Å²) in [5.41, 5.74) is 2.67. The molecule has 0 bridgehead atoms. The fourth-order valence-electron chi connectivity index (χ4n) is 5.76. The van der Waals surface area contributed by atoms with Crippen LogP contribution < -0.4 is 5.32 Å². The normalized spacial score (nSPS) is 14.1. The van der Waals surface area contributed by atoms with Crippen LogP contribution in [0.15, 0.2) is 18.5 Å². The van der Waals surface area contributed by atoms with Crippen LogP contribution in [0.3, 0.4) is 0 Å². The molecular formula is C40H46Cl2FN13O4S3. The number of nitrogens with zero attached hydrogens (tertiary/aromatic N) is 12.